The molecule has 3 aliphatic rings. The number of ether oxygens (including phenoxy) is 1. The number of halogens is 1. The third-order valence-corrected chi connectivity index (χ3v) is 8.72. The summed E-state index contributed by atoms with van der Waals surface area (Å²) in [4.78, 5) is 14.5. The lowest BCUT2D eigenvalue weighted by molar-refractivity contribution is -0.958. The van der Waals surface area contributed by atoms with Crippen LogP contribution in [-0.4, -0.2) is 41.3 Å². The predicted molar refractivity (Wildman–Crippen MR) is 119 cm³/mol. The molecule has 0 saturated carbocycles. The number of nitrogens with zero attached hydrogens (tertiary/aromatic N) is 1. The Hall–Kier alpha value is -2.06. The van der Waals surface area contributed by atoms with Crippen molar-refractivity contribution in [1.29, 1.82) is 0 Å². The molecule has 3 aliphatic heterocycles. The fraction of sp³-hybridized carbons (Fsp3) is 0.375. The number of carbonyl (C=O) groups excluding carboxylic acids is 1. The van der Waals surface area contributed by atoms with E-state index in [0.29, 0.717) is 22.2 Å². The number of quaternary nitrogens is 1. The molecule has 0 amide bonds. The highest BCUT2D eigenvalue weighted by atomic mass is 32.1. The molecule has 5 heterocycles. The van der Waals surface area contributed by atoms with E-state index in [9.17, 15) is 14.3 Å². The van der Waals surface area contributed by atoms with E-state index in [1.807, 2.05) is 29.0 Å². The van der Waals surface area contributed by atoms with Crippen LogP contribution in [0, 0.1) is 11.7 Å². The maximum Gasteiger partial charge on any atom is 0.349 e. The summed E-state index contributed by atoms with van der Waals surface area (Å²) >= 11 is 2.71. The lowest BCUT2D eigenvalue weighted by atomic mass is 9.82. The summed E-state index contributed by atoms with van der Waals surface area (Å²) in [6.45, 7) is 3.46. The van der Waals surface area contributed by atoms with Crippen LogP contribution in [0.2, 0.25) is 0 Å². The van der Waals surface area contributed by atoms with Gasteiger partial charge in [0.05, 0.1) is 22.8 Å². The first-order valence-electron chi connectivity index (χ1n) is 10.6. The Kier molecular flexibility index (Phi) is 5.46. The van der Waals surface area contributed by atoms with Crippen LogP contribution < -0.4 is 0 Å². The first kappa shape index (κ1) is 20.8. The number of hydrogen-bond acceptors (Lipinski definition) is 5. The summed E-state index contributed by atoms with van der Waals surface area (Å²) in [6, 6.07) is 14.0. The molecule has 2 aromatic heterocycles. The minimum atomic E-state index is -1.78. The van der Waals surface area contributed by atoms with E-state index in [1.54, 1.807) is 24.3 Å². The van der Waals surface area contributed by atoms with Crippen LogP contribution in [0.1, 0.15) is 28.2 Å². The van der Waals surface area contributed by atoms with Crippen LogP contribution in [0.15, 0.2) is 59.3 Å². The number of benzene rings is 1. The maximum atomic E-state index is 13.7. The molecule has 7 heteroatoms. The highest BCUT2D eigenvalue weighted by Gasteiger charge is 2.51. The Labute approximate surface area is 189 Å². The predicted octanol–water partition coefficient (Wildman–Crippen LogP) is 4.54. The van der Waals surface area contributed by atoms with Gasteiger partial charge in [0.2, 0.25) is 5.60 Å². The number of piperidine rings is 3. The molecule has 1 atom stereocenters. The van der Waals surface area contributed by atoms with Crippen LogP contribution in [0.3, 0.4) is 0 Å². The Morgan fingerprint density at radius 2 is 1.77 bits per heavy atom. The lowest BCUT2D eigenvalue weighted by Crippen LogP contribution is -2.64. The Balaban J connectivity index is 1.37. The third-order valence-electron chi connectivity index (χ3n) is 6.76. The summed E-state index contributed by atoms with van der Waals surface area (Å²) in [6.07, 6.45) is 1.71. The number of hydrogen-bond donors (Lipinski definition) is 1. The SMILES string of the molecule is O=C(O[C@H]1C[N+]2(Cc3cccc(F)c3)CCC1CC2)C(O)(c1cccs1)c1cccs1. The Bertz CT molecular complexity index is 1010. The van der Waals surface area contributed by atoms with E-state index in [2.05, 4.69) is 0 Å². The summed E-state index contributed by atoms with van der Waals surface area (Å²) in [5.74, 6) is -0.505. The molecule has 3 aromatic rings. The van der Waals surface area contributed by atoms with Crippen molar-refractivity contribution in [2.75, 3.05) is 19.6 Å². The van der Waals surface area contributed by atoms with E-state index in [-0.39, 0.29) is 11.9 Å². The second-order valence-electron chi connectivity index (χ2n) is 8.71. The number of thiophene rings is 2. The van der Waals surface area contributed by atoms with Gasteiger partial charge in [-0.25, -0.2) is 9.18 Å². The minimum Gasteiger partial charge on any atom is -0.453 e. The second kappa shape index (κ2) is 8.13. The van der Waals surface area contributed by atoms with Gasteiger partial charge in [-0.1, -0.05) is 24.3 Å². The molecule has 162 valence electrons. The molecule has 1 N–H and O–H groups in total. The molecule has 1 aromatic carbocycles. The Morgan fingerprint density at radius 3 is 2.35 bits per heavy atom. The number of rotatable bonds is 6. The van der Waals surface area contributed by atoms with Crippen LogP contribution in [0.25, 0.3) is 0 Å². The zero-order chi connectivity index (χ0) is 21.5. The van der Waals surface area contributed by atoms with Gasteiger partial charge in [0.1, 0.15) is 18.9 Å². The molecular formula is C24H25FNO3S2+. The zero-order valence-corrected chi connectivity index (χ0v) is 18.7. The van der Waals surface area contributed by atoms with Gasteiger partial charge in [0.15, 0.2) is 6.10 Å². The first-order valence-corrected chi connectivity index (χ1v) is 12.4. The van der Waals surface area contributed by atoms with Crippen molar-refractivity contribution in [3.05, 3.63) is 80.4 Å². The van der Waals surface area contributed by atoms with Crippen LogP contribution in [0.4, 0.5) is 4.39 Å². The van der Waals surface area contributed by atoms with Gasteiger partial charge in [0, 0.05) is 24.3 Å². The maximum absolute atomic E-state index is 13.7. The molecule has 31 heavy (non-hydrogen) atoms. The van der Waals surface area contributed by atoms with Gasteiger partial charge in [-0.3, -0.25) is 0 Å². The smallest absolute Gasteiger partial charge is 0.349 e. The number of aliphatic hydroxyl groups is 1. The average molecular weight is 459 g/mol. The highest BCUT2D eigenvalue weighted by molar-refractivity contribution is 7.12. The number of carbonyl (C=O) groups is 1. The summed E-state index contributed by atoms with van der Waals surface area (Å²) in [5, 5.41) is 15.2. The topological polar surface area (TPSA) is 46.5 Å². The van der Waals surface area contributed by atoms with Crippen LogP contribution in [0.5, 0.6) is 0 Å². The van der Waals surface area contributed by atoms with Crippen molar-refractivity contribution in [3.8, 4) is 0 Å². The van der Waals surface area contributed by atoms with E-state index >= 15 is 0 Å². The Morgan fingerprint density at radius 1 is 1.10 bits per heavy atom. The highest BCUT2D eigenvalue weighted by Crippen LogP contribution is 2.41. The second-order valence-corrected chi connectivity index (χ2v) is 10.6. The number of esters is 1. The van der Waals surface area contributed by atoms with Gasteiger partial charge in [-0.05, 0) is 35.0 Å². The van der Waals surface area contributed by atoms with Crippen LogP contribution in [-0.2, 0) is 21.7 Å². The molecule has 3 fully saturated rings. The molecule has 2 bridgehead atoms. The lowest BCUT2D eigenvalue weighted by Gasteiger charge is -2.52. The molecule has 6 rings (SSSR count). The van der Waals surface area contributed by atoms with Crippen molar-refractivity contribution in [2.24, 2.45) is 5.92 Å². The molecular weight excluding hydrogens is 433 g/mol. The van der Waals surface area contributed by atoms with Crippen molar-refractivity contribution in [1.82, 2.24) is 0 Å². The quantitative estimate of drug-likeness (QED) is 0.436. The summed E-state index contributed by atoms with van der Waals surface area (Å²) in [5.41, 5.74) is -0.805. The fourth-order valence-corrected chi connectivity index (χ4v) is 6.83. The van der Waals surface area contributed by atoms with E-state index in [4.69, 9.17) is 4.74 Å². The average Bonchev–Trinajstić information content (AvgIpc) is 3.48. The van der Waals surface area contributed by atoms with Crippen molar-refractivity contribution >= 4 is 28.6 Å². The molecule has 0 radical (unpaired) electrons. The summed E-state index contributed by atoms with van der Waals surface area (Å²) < 4.78 is 20.6. The van der Waals surface area contributed by atoms with Gasteiger partial charge < -0.3 is 14.3 Å². The fourth-order valence-electron chi connectivity index (χ4n) is 5.11. The third kappa shape index (κ3) is 3.84. The van der Waals surface area contributed by atoms with Gasteiger partial charge in [-0.15, -0.1) is 22.7 Å². The molecule has 0 aliphatic carbocycles. The van der Waals surface area contributed by atoms with Gasteiger partial charge in [0.25, 0.3) is 0 Å². The van der Waals surface area contributed by atoms with Crippen LogP contribution >= 0.6 is 22.7 Å². The normalized spacial score (nSPS) is 25.5. The molecule has 4 nitrogen and oxygen atoms in total. The summed E-state index contributed by atoms with van der Waals surface area (Å²) in [7, 11) is 0. The van der Waals surface area contributed by atoms with Crippen molar-refractivity contribution in [2.45, 2.75) is 31.1 Å². The van der Waals surface area contributed by atoms with E-state index in [0.717, 1.165) is 42.5 Å². The van der Waals surface area contributed by atoms with E-state index in [1.165, 1.54) is 28.7 Å². The van der Waals surface area contributed by atoms with Gasteiger partial charge >= 0.3 is 5.97 Å². The zero-order valence-electron chi connectivity index (χ0n) is 17.1. The van der Waals surface area contributed by atoms with E-state index < -0.39 is 11.6 Å². The van der Waals surface area contributed by atoms with Crippen molar-refractivity contribution in [3.63, 3.8) is 0 Å². The number of fused-ring (bicyclic) bond motifs is 3. The minimum absolute atomic E-state index is 0.220. The monoisotopic (exact) mass is 458 g/mol. The van der Waals surface area contributed by atoms with Gasteiger partial charge in [-0.2, -0.15) is 0 Å². The first-order chi connectivity index (χ1) is 15.0. The molecule has 3 saturated heterocycles. The standard InChI is InChI=1S/C24H25FNO3S2/c25-19-5-1-4-17(14-19)15-26-10-8-18(9-11-26)20(16-26)29-23(27)24(28,21-6-2-12-30-21)22-7-3-13-31-22/h1-7,12-14,18,20,28H,8-11,15-16H2/q+1/t18?,20-,26?/m0/s1. The van der Waals surface area contributed by atoms with Crippen molar-refractivity contribution < 1.29 is 23.5 Å². The molecule has 0 spiro atoms. The molecule has 0 unspecified atom stereocenters. The largest absolute Gasteiger partial charge is 0.453 e.